The highest BCUT2D eigenvalue weighted by Crippen LogP contribution is 2.27. The molecule has 0 aliphatic heterocycles. The summed E-state index contributed by atoms with van der Waals surface area (Å²) in [6.45, 7) is 3.32. The zero-order chi connectivity index (χ0) is 15.5. The van der Waals surface area contributed by atoms with Gasteiger partial charge in [0.25, 0.3) is 0 Å². The van der Waals surface area contributed by atoms with Gasteiger partial charge in [0.2, 0.25) is 0 Å². The Bertz CT molecular complexity index is 640. The molecule has 0 heterocycles. The number of ketones is 1. The van der Waals surface area contributed by atoms with Crippen LogP contribution >= 0.6 is 0 Å². The third kappa shape index (κ3) is 3.57. The monoisotopic (exact) mass is 282 g/mol. The number of carbonyl (C=O) groups excluding carboxylic acids is 1. The molecule has 0 unspecified atom stereocenters. The SMILES string of the molecule is CC(C)(CC(=O)O)C(=O)c1ccc(-c2ccccc2)cc1. The van der Waals surface area contributed by atoms with Gasteiger partial charge in [-0.1, -0.05) is 68.4 Å². The number of carbonyl (C=O) groups is 2. The normalized spacial score (nSPS) is 11.1. The van der Waals surface area contributed by atoms with Crippen LogP contribution in [0.25, 0.3) is 11.1 Å². The topological polar surface area (TPSA) is 54.4 Å². The Morgan fingerprint density at radius 1 is 0.905 bits per heavy atom. The van der Waals surface area contributed by atoms with Crippen LogP contribution in [0.4, 0.5) is 0 Å². The van der Waals surface area contributed by atoms with Gasteiger partial charge < -0.3 is 5.11 Å². The minimum atomic E-state index is -0.964. The molecule has 0 bridgehead atoms. The van der Waals surface area contributed by atoms with E-state index >= 15 is 0 Å². The largest absolute Gasteiger partial charge is 0.481 e. The maximum absolute atomic E-state index is 12.4. The molecule has 2 rings (SSSR count). The van der Waals surface area contributed by atoms with E-state index in [0.29, 0.717) is 5.56 Å². The molecule has 0 fully saturated rings. The van der Waals surface area contributed by atoms with E-state index in [1.807, 2.05) is 42.5 Å². The maximum Gasteiger partial charge on any atom is 0.304 e. The lowest BCUT2D eigenvalue weighted by molar-refractivity contribution is -0.138. The summed E-state index contributed by atoms with van der Waals surface area (Å²) in [4.78, 5) is 23.2. The highest BCUT2D eigenvalue weighted by Gasteiger charge is 2.31. The van der Waals surface area contributed by atoms with Crippen molar-refractivity contribution < 1.29 is 14.7 Å². The molecule has 2 aromatic carbocycles. The van der Waals surface area contributed by atoms with Crippen LogP contribution in [0, 0.1) is 5.41 Å². The van der Waals surface area contributed by atoms with Crippen molar-refractivity contribution in [2.24, 2.45) is 5.41 Å². The predicted octanol–water partition coefficient (Wildman–Crippen LogP) is 4.04. The molecule has 0 aromatic heterocycles. The highest BCUT2D eigenvalue weighted by molar-refractivity contribution is 6.01. The zero-order valence-electron chi connectivity index (χ0n) is 12.2. The summed E-state index contributed by atoms with van der Waals surface area (Å²) in [5.41, 5.74) is 1.76. The molecular formula is C18H18O3. The Morgan fingerprint density at radius 3 is 1.95 bits per heavy atom. The second-order valence-corrected chi connectivity index (χ2v) is 5.73. The average molecular weight is 282 g/mol. The van der Waals surface area contributed by atoms with Crippen LogP contribution in [-0.4, -0.2) is 16.9 Å². The van der Waals surface area contributed by atoms with Gasteiger partial charge in [0.1, 0.15) is 0 Å². The van der Waals surface area contributed by atoms with Crippen LogP contribution < -0.4 is 0 Å². The fraction of sp³-hybridized carbons (Fsp3) is 0.222. The number of aliphatic carboxylic acids is 1. The molecule has 0 aliphatic rings. The maximum atomic E-state index is 12.4. The summed E-state index contributed by atoms with van der Waals surface area (Å²) in [6, 6.07) is 17.2. The van der Waals surface area contributed by atoms with Gasteiger partial charge in [-0.05, 0) is 11.1 Å². The van der Waals surface area contributed by atoms with Crippen molar-refractivity contribution in [3.05, 3.63) is 60.2 Å². The molecular weight excluding hydrogens is 264 g/mol. The van der Waals surface area contributed by atoms with Crippen molar-refractivity contribution >= 4 is 11.8 Å². The number of rotatable bonds is 5. The van der Waals surface area contributed by atoms with Crippen molar-refractivity contribution in [2.75, 3.05) is 0 Å². The van der Waals surface area contributed by atoms with E-state index < -0.39 is 11.4 Å². The fourth-order valence-electron chi connectivity index (χ4n) is 2.29. The predicted molar refractivity (Wildman–Crippen MR) is 82.2 cm³/mol. The van der Waals surface area contributed by atoms with E-state index in [1.54, 1.807) is 26.0 Å². The lowest BCUT2D eigenvalue weighted by Crippen LogP contribution is -2.27. The summed E-state index contributed by atoms with van der Waals surface area (Å²) in [5, 5.41) is 8.89. The van der Waals surface area contributed by atoms with Crippen molar-refractivity contribution in [2.45, 2.75) is 20.3 Å². The molecule has 0 radical (unpaired) electrons. The van der Waals surface area contributed by atoms with Crippen molar-refractivity contribution in [1.82, 2.24) is 0 Å². The Kier molecular flexibility index (Phi) is 4.22. The molecule has 0 saturated carbocycles. The summed E-state index contributed by atoms with van der Waals surface area (Å²) in [6.07, 6.45) is -0.174. The Hall–Kier alpha value is -2.42. The molecule has 3 nitrogen and oxygen atoms in total. The molecule has 0 atom stereocenters. The van der Waals surface area contributed by atoms with E-state index in [0.717, 1.165) is 11.1 Å². The number of carboxylic acids is 1. The molecule has 21 heavy (non-hydrogen) atoms. The van der Waals surface area contributed by atoms with E-state index in [9.17, 15) is 9.59 Å². The van der Waals surface area contributed by atoms with Gasteiger partial charge in [-0.3, -0.25) is 9.59 Å². The standard InChI is InChI=1S/C18H18O3/c1-18(2,12-16(19)20)17(21)15-10-8-14(9-11-15)13-6-4-3-5-7-13/h3-11H,12H2,1-2H3,(H,19,20). The summed E-state index contributed by atoms with van der Waals surface area (Å²) < 4.78 is 0. The summed E-state index contributed by atoms with van der Waals surface area (Å²) >= 11 is 0. The van der Waals surface area contributed by atoms with Crippen molar-refractivity contribution in [3.63, 3.8) is 0 Å². The molecule has 0 spiro atoms. The van der Waals surface area contributed by atoms with Crippen molar-refractivity contribution in [1.29, 1.82) is 0 Å². The number of hydrogen-bond donors (Lipinski definition) is 1. The van der Waals surface area contributed by atoms with Gasteiger partial charge in [-0.25, -0.2) is 0 Å². The summed E-state index contributed by atoms with van der Waals surface area (Å²) in [5.74, 6) is -1.11. The zero-order valence-corrected chi connectivity index (χ0v) is 12.2. The van der Waals surface area contributed by atoms with E-state index in [1.165, 1.54) is 0 Å². The van der Waals surface area contributed by atoms with Crippen LogP contribution in [0.3, 0.4) is 0 Å². The summed E-state index contributed by atoms with van der Waals surface area (Å²) in [7, 11) is 0. The number of carboxylic acid groups (broad SMARTS) is 1. The number of Topliss-reactive ketones (excluding diaryl/α,β-unsaturated/α-hetero) is 1. The minimum Gasteiger partial charge on any atom is -0.481 e. The Morgan fingerprint density at radius 2 is 1.43 bits per heavy atom. The first-order valence-corrected chi connectivity index (χ1v) is 6.82. The third-order valence-electron chi connectivity index (χ3n) is 3.46. The first-order valence-electron chi connectivity index (χ1n) is 6.82. The van der Waals surface area contributed by atoms with Crippen molar-refractivity contribution in [3.8, 4) is 11.1 Å². The average Bonchev–Trinajstić information content (AvgIpc) is 2.46. The van der Waals surface area contributed by atoms with Crippen LogP contribution in [0.15, 0.2) is 54.6 Å². The first kappa shape index (κ1) is 15.0. The molecule has 3 heteroatoms. The van der Waals surface area contributed by atoms with Crippen LogP contribution in [0.2, 0.25) is 0 Å². The quantitative estimate of drug-likeness (QED) is 0.842. The lowest BCUT2D eigenvalue weighted by Gasteiger charge is -2.20. The molecule has 0 amide bonds. The number of hydrogen-bond acceptors (Lipinski definition) is 2. The smallest absolute Gasteiger partial charge is 0.304 e. The van der Waals surface area contributed by atoms with Gasteiger partial charge in [0.05, 0.1) is 6.42 Å². The van der Waals surface area contributed by atoms with Gasteiger partial charge >= 0.3 is 5.97 Å². The van der Waals surface area contributed by atoms with E-state index in [2.05, 4.69) is 0 Å². The number of benzene rings is 2. The highest BCUT2D eigenvalue weighted by atomic mass is 16.4. The molecule has 1 N–H and O–H groups in total. The Balaban J connectivity index is 2.23. The van der Waals surface area contributed by atoms with E-state index in [4.69, 9.17) is 5.11 Å². The molecule has 108 valence electrons. The van der Waals surface area contributed by atoms with Gasteiger partial charge in [-0.2, -0.15) is 0 Å². The first-order chi connectivity index (χ1) is 9.90. The molecule has 0 saturated heterocycles. The minimum absolute atomic E-state index is 0.149. The third-order valence-corrected chi connectivity index (χ3v) is 3.46. The van der Waals surface area contributed by atoms with Gasteiger partial charge in [0, 0.05) is 11.0 Å². The fourth-order valence-corrected chi connectivity index (χ4v) is 2.29. The van der Waals surface area contributed by atoms with Crippen LogP contribution in [0.1, 0.15) is 30.6 Å². The second kappa shape index (κ2) is 5.92. The Labute approximate surface area is 124 Å². The molecule has 2 aromatic rings. The van der Waals surface area contributed by atoms with Gasteiger partial charge in [-0.15, -0.1) is 0 Å². The van der Waals surface area contributed by atoms with E-state index in [-0.39, 0.29) is 12.2 Å². The van der Waals surface area contributed by atoms with Gasteiger partial charge in [0.15, 0.2) is 5.78 Å². The second-order valence-electron chi connectivity index (χ2n) is 5.73. The molecule has 0 aliphatic carbocycles. The van der Waals surface area contributed by atoms with Crippen LogP contribution in [-0.2, 0) is 4.79 Å². The van der Waals surface area contributed by atoms with Crippen LogP contribution in [0.5, 0.6) is 0 Å². The lowest BCUT2D eigenvalue weighted by atomic mass is 9.81.